The zero-order chi connectivity index (χ0) is 27.9. The second-order valence-electron chi connectivity index (χ2n) is 10.6. The number of anilines is 1. The van der Waals surface area contributed by atoms with Crippen molar-refractivity contribution in [3.8, 4) is 0 Å². The monoisotopic (exact) mass is 545 g/mol. The van der Waals surface area contributed by atoms with E-state index in [2.05, 4.69) is 25.8 Å². The average Bonchev–Trinajstić information content (AvgIpc) is 3.79. The summed E-state index contributed by atoms with van der Waals surface area (Å²) in [6, 6.07) is 1.59. The van der Waals surface area contributed by atoms with E-state index in [-0.39, 0.29) is 35.9 Å². The van der Waals surface area contributed by atoms with Crippen LogP contribution in [0.3, 0.4) is 0 Å². The Morgan fingerprint density at radius 3 is 2.46 bits per heavy atom. The summed E-state index contributed by atoms with van der Waals surface area (Å²) in [4.78, 5) is 41.0. The molecule has 0 saturated heterocycles. The van der Waals surface area contributed by atoms with E-state index in [1.807, 2.05) is 13.8 Å². The van der Waals surface area contributed by atoms with Crippen molar-refractivity contribution in [1.29, 1.82) is 0 Å². The molecule has 2 amide bonds. The Labute approximate surface area is 222 Å². The molecule has 0 bridgehead atoms. The van der Waals surface area contributed by atoms with Crippen molar-refractivity contribution in [1.82, 2.24) is 29.9 Å². The van der Waals surface area contributed by atoms with E-state index < -0.39 is 23.3 Å². The second-order valence-corrected chi connectivity index (χ2v) is 10.6. The lowest BCUT2D eigenvalue weighted by molar-refractivity contribution is -0.137. The van der Waals surface area contributed by atoms with Gasteiger partial charge in [-0.3, -0.25) is 23.7 Å². The first-order valence-electron chi connectivity index (χ1n) is 13.0. The molecule has 2 aliphatic carbocycles. The van der Waals surface area contributed by atoms with E-state index in [1.165, 1.54) is 17.1 Å². The Morgan fingerprint density at radius 1 is 1.15 bits per heavy atom. The van der Waals surface area contributed by atoms with Crippen LogP contribution in [0.1, 0.15) is 67.2 Å². The Kier molecular flexibility index (Phi) is 7.08. The first-order chi connectivity index (χ1) is 18.5. The van der Waals surface area contributed by atoms with Crippen LogP contribution in [0.4, 0.5) is 18.9 Å². The number of halogens is 3. The fourth-order valence-corrected chi connectivity index (χ4v) is 5.07. The highest BCUT2D eigenvalue weighted by atomic mass is 19.4. The van der Waals surface area contributed by atoms with Gasteiger partial charge in [0.15, 0.2) is 0 Å². The van der Waals surface area contributed by atoms with Crippen molar-refractivity contribution in [3.05, 3.63) is 64.1 Å². The van der Waals surface area contributed by atoms with Crippen LogP contribution in [-0.2, 0) is 17.5 Å². The van der Waals surface area contributed by atoms with Gasteiger partial charge in [-0.15, -0.1) is 0 Å². The summed E-state index contributed by atoms with van der Waals surface area (Å²) in [7, 11) is 0. The maximum atomic E-state index is 13.6. The van der Waals surface area contributed by atoms with E-state index in [0.717, 1.165) is 31.7 Å². The summed E-state index contributed by atoms with van der Waals surface area (Å²) in [5.74, 6) is -0.0488. The fraction of sp³-hybridized carbons (Fsp3) is 0.500. The molecule has 5 rings (SSSR count). The first kappa shape index (κ1) is 26.7. The molecule has 0 aliphatic heterocycles. The molecule has 0 radical (unpaired) electrons. The molecule has 0 aromatic carbocycles. The van der Waals surface area contributed by atoms with Gasteiger partial charge in [-0.2, -0.15) is 23.4 Å². The van der Waals surface area contributed by atoms with E-state index in [9.17, 15) is 27.6 Å². The SMILES string of the molecule is CC(C)n1nccc1C(=O)N[C@H](C(=O)Nc1cnn(Cc2cc(C(F)(F)F)c[nH]c2=O)c1)C(C1CC1)C1CC1. The van der Waals surface area contributed by atoms with Crippen LogP contribution in [0, 0.1) is 17.8 Å². The van der Waals surface area contributed by atoms with Crippen molar-refractivity contribution in [2.24, 2.45) is 17.8 Å². The van der Waals surface area contributed by atoms with Crippen LogP contribution in [0.15, 0.2) is 41.7 Å². The maximum absolute atomic E-state index is 13.6. The average molecular weight is 546 g/mol. The van der Waals surface area contributed by atoms with Crippen LogP contribution in [0.2, 0.25) is 0 Å². The summed E-state index contributed by atoms with van der Waals surface area (Å²) in [5, 5.41) is 14.1. The quantitative estimate of drug-likeness (QED) is 0.359. The summed E-state index contributed by atoms with van der Waals surface area (Å²) in [5.41, 5.74) is -1.08. The molecule has 10 nitrogen and oxygen atoms in total. The highest BCUT2D eigenvalue weighted by Gasteiger charge is 2.48. The number of hydrogen-bond donors (Lipinski definition) is 3. The van der Waals surface area contributed by atoms with Gasteiger partial charge in [0.2, 0.25) is 5.91 Å². The standard InChI is InChI=1S/C26H30F3N7O3/c1-14(2)36-20(7-8-31-36)24(38)34-22(21(15-3-4-15)16-5-6-16)25(39)33-19-11-32-35(13-19)12-17-9-18(26(27,28)29)10-30-23(17)37/h7-11,13-16,21-22H,3-6,12H2,1-2H3,(H,30,37)(H,33,39)(H,34,38)/t22-/m0/s1. The van der Waals surface area contributed by atoms with Crippen LogP contribution < -0.4 is 16.2 Å². The minimum Gasteiger partial charge on any atom is -0.339 e. The number of amides is 2. The van der Waals surface area contributed by atoms with Crippen molar-refractivity contribution >= 4 is 17.5 Å². The van der Waals surface area contributed by atoms with Gasteiger partial charge in [0.1, 0.15) is 11.7 Å². The van der Waals surface area contributed by atoms with E-state index in [4.69, 9.17) is 0 Å². The molecule has 2 saturated carbocycles. The van der Waals surface area contributed by atoms with Crippen molar-refractivity contribution < 1.29 is 22.8 Å². The summed E-state index contributed by atoms with van der Waals surface area (Å²) in [6.07, 6.45) is 4.40. The molecule has 3 aromatic rings. The normalized spacial score (nSPS) is 16.5. The fourth-order valence-electron chi connectivity index (χ4n) is 5.07. The molecule has 2 aliphatic rings. The number of nitrogens with zero attached hydrogens (tertiary/aromatic N) is 4. The number of alkyl halides is 3. The first-order valence-corrected chi connectivity index (χ1v) is 13.0. The lowest BCUT2D eigenvalue weighted by Gasteiger charge is -2.27. The summed E-state index contributed by atoms with van der Waals surface area (Å²) >= 11 is 0. The second kappa shape index (κ2) is 10.3. The van der Waals surface area contributed by atoms with Gasteiger partial charge < -0.3 is 15.6 Å². The number of aromatic amines is 1. The number of hydrogen-bond acceptors (Lipinski definition) is 5. The molecule has 3 heterocycles. The van der Waals surface area contributed by atoms with Gasteiger partial charge in [0, 0.05) is 30.2 Å². The molecule has 3 aromatic heterocycles. The number of pyridine rings is 1. The molecule has 3 N–H and O–H groups in total. The third-order valence-electron chi connectivity index (χ3n) is 7.22. The number of rotatable bonds is 10. The molecule has 13 heteroatoms. The largest absolute Gasteiger partial charge is 0.417 e. The molecule has 208 valence electrons. The maximum Gasteiger partial charge on any atom is 0.417 e. The topological polar surface area (TPSA) is 127 Å². The third-order valence-corrected chi connectivity index (χ3v) is 7.22. The van der Waals surface area contributed by atoms with Crippen molar-refractivity contribution in [2.75, 3.05) is 5.32 Å². The van der Waals surface area contributed by atoms with Gasteiger partial charge in [0.05, 0.1) is 24.0 Å². The smallest absolute Gasteiger partial charge is 0.339 e. The summed E-state index contributed by atoms with van der Waals surface area (Å²) < 4.78 is 42.1. The van der Waals surface area contributed by atoms with E-state index in [1.54, 1.807) is 16.9 Å². The van der Waals surface area contributed by atoms with Crippen LogP contribution in [0.25, 0.3) is 0 Å². The lowest BCUT2D eigenvalue weighted by Crippen LogP contribution is -2.50. The molecule has 1 atom stereocenters. The number of carbonyl (C=O) groups excluding carboxylic acids is 2. The molecule has 0 spiro atoms. The van der Waals surface area contributed by atoms with Crippen LogP contribution in [0.5, 0.6) is 0 Å². The molecular weight excluding hydrogens is 515 g/mol. The zero-order valence-electron chi connectivity index (χ0n) is 21.5. The number of nitrogens with one attached hydrogen (secondary N) is 3. The molecular formula is C26H30F3N7O3. The van der Waals surface area contributed by atoms with Gasteiger partial charge in [0.25, 0.3) is 11.5 Å². The lowest BCUT2D eigenvalue weighted by atomic mass is 9.88. The summed E-state index contributed by atoms with van der Waals surface area (Å²) in [6.45, 7) is 3.60. The Morgan fingerprint density at radius 2 is 1.85 bits per heavy atom. The zero-order valence-corrected chi connectivity index (χ0v) is 21.5. The molecule has 0 unspecified atom stereocenters. The molecule has 39 heavy (non-hydrogen) atoms. The Bertz CT molecular complexity index is 1400. The number of carbonyl (C=O) groups is 2. The number of H-pyrrole nitrogens is 1. The number of aromatic nitrogens is 5. The predicted octanol–water partition coefficient (Wildman–Crippen LogP) is 3.59. The Balaban J connectivity index is 1.33. The van der Waals surface area contributed by atoms with Gasteiger partial charge in [-0.05, 0) is 69.4 Å². The van der Waals surface area contributed by atoms with E-state index in [0.29, 0.717) is 29.4 Å². The Hall–Kier alpha value is -3.90. The highest BCUT2D eigenvalue weighted by molar-refractivity contribution is 6.00. The van der Waals surface area contributed by atoms with Crippen LogP contribution >= 0.6 is 0 Å². The van der Waals surface area contributed by atoms with Gasteiger partial charge >= 0.3 is 6.18 Å². The third kappa shape index (κ3) is 6.07. The van der Waals surface area contributed by atoms with Crippen molar-refractivity contribution in [3.63, 3.8) is 0 Å². The van der Waals surface area contributed by atoms with Gasteiger partial charge in [-0.25, -0.2) is 0 Å². The van der Waals surface area contributed by atoms with Gasteiger partial charge in [-0.1, -0.05) is 0 Å². The minimum absolute atomic E-state index is 0.00285. The highest BCUT2D eigenvalue weighted by Crippen LogP contribution is 2.51. The van der Waals surface area contributed by atoms with E-state index >= 15 is 0 Å². The van der Waals surface area contributed by atoms with Crippen molar-refractivity contribution in [2.45, 2.75) is 64.3 Å². The molecule has 2 fully saturated rings. The minimum atomic E-state index is -4.60. The van der Waals surface area contributed by atoms with Crippen LogP contribution in [-0.4, -0.2) is 42.4 Å². The predicted molar refractivity (Wildman–Crippen MR) is 135 cm³/mol.